The Labute approximate surface area is 270 Å². The Balaban J connectivity index is 1.35. The van der Waals surface area contributed by atoms with Gasteiger partial charge in [-0.2, -0.15) is 15.2 Å². The van der Waals surface area contributed by atoms with E-state index in [2.05, 4.69) is 9.88 Å². The molecule has 4 aromatic rings. The summed E-state index contributed by atoms with van der Waals surface area (Å²) in [4.78, 5) is 13.2. The number of rotatable bonds is 4. The molecule has 0 radical (unpaired) electrons. The number of benzene rings is 2. The Morgan fingerprint density at radius 3 is 2.74 bits per heavy atom. The van der Waals surface area contributed by atoms with Crippen LogP contribution in [0.15, 0.2) is 12.1 Å². The topological polar surface area (TPSA) is 101 Å². The second-order valence-electron chi connectivity index (χ2n) is 12.9. The maximum atomic E-state index is 17.1. The Hall–Kier alpha value is -3.60. The summed E-state index contributed by atoms with van der Waals surface area (Å²) in [7, 11) is 1.78. The van der Waals surface area contributed by atoms with Crippen LogP contribution in [-0.4, -0.2) is 71.6 Å². The summed E-state index contributed by atoms with van der Waals surface area (Å²) in [5.74, 6) is -1.08. The zero-order valence-corrected chi connectivity index (χ0v) is 26.4. The van der Waals surface area contributed by atoms with E-state index in [4.69, 9.17) is 31.8 Å². The van der Waals surface area contributed by atoms with Gasteiger partial charge in [0, 0.05) is 50.2 Å². The van der Waals surface area contributed by atoms with E-state index in [0.29, 0.717) is 19.4 Å². The Bertz CT molecular complexity index is 1980. The molecule has 5 heterocycles. The van der Waals surface area contributed by atoms with Crippen LogP contribution >= 0.6 is 22.9 Å². The van der Waals surface area contributed by atoms with E-state index >= 15 is 4.39 Å². The minimum absolute atomic E-state index is 0.0107. The minimum Gasteiger partial charge on any atom is -0.491 e. The Morgan fingerprint density at radius 1 is 1.17 bits per heavy atom. The second kappa shape index (κ2) is 10.5. The molecule has 2 N–H and O–H groups in total. The molecule has 46 heavy (non-hydrogen) atoms. The SMILES string of the molecule is CN1c2nc(OC[C@@]34CCCN3C[C@H](F)C4)nc3c(F)c(-c4ccc(F)c5sc(N)c(C#N)c45)c(Cl)c(c23)OCCC12CC(F)C2. The number of nitrogens with zero attached hydrogens (tertiary/aromatic N) is 5. The predicted octanol–water partition coefficient (Wildman–Crippen LogP) is 6.94. The molecular formula is C32H29ClF4N6O2S. The monoisotopic (exact) mass is 672 g/mol. The minimum atomic E-state index is -0.992. The molecule has 1 saturated carbocycles. The summed E-state index contributed by atoms with van der Waals surface area (Å²) in [6.45, 7) is 1.38. The second-order valence-corrected chi connectivity index (χ2v) is 14.3. The number of aromatic nitrogens is 2. The van der Waals surface area contributed by atoms with Crippen LogP contribution in [0, 0.1) is 23.0 Å². The Morgan fingerprint density at radius 2 is 1.98 bits per heavy atom. The summed E-state index contributed by atoms with van der Waals surface area (Å²) in [5.41, 5.74) is 4.81. The maximum absolute atomic E-state index is 17.1. The highest BCUT2D eigenvalue weighted by atomic mass is 35.5. The van der Waals surface area contributed by atoms with E-state index in [1.807, 2.05) is 11.0 Å². The third-order valence-corrected chi connectivity index (χ3v) is 11.8. The van der Waals surface area contributed by atoms with Gasteiger partial charge in [0.1, 0.15) is 47.2 Å². The largest absolute Gasteiger partial charge is 0.491 e. The fraction of sp³-hybridized carbons (Fsp3) is 0.469. The summed E-state index contributed by atoms with van der Waals surface area (Å²) in [5, 5.41) is 10.2. The first-order chi connectivity index (χ1) is 22.1. The molecule has 2 aromatic carbocycles. The molecule has 1 aliphatic carbocycles. The highest BCUT2D eigenvalue weighted by Crippen LogP contribution is 2.53. The lowest BCUT2D eigenvalue weighted by atomic mass is 9.71. The highest BCUT2D eigenvalue weighted by Gasteiger charge is 2.51. The number of nitrogen functional groups attached to an aromatic ring is 1. The zero-order chi connectivity index (χ0) is 32.1. The van der Waals surface area contributed by atoms with Gasteiger partial charge in [0.15, 0.2) is 11.6 Å². The number of hydrogen-bond donors (Lipinski definition) is 1. The van der Waals surface area contributed by atoms with Gasteiger partial charge >= 0.3 is 6.01 Å². The number of nitriles is 1. The fourth-order valence-electron chi connectivity index (χ4n) is 8.05. The van der Waals surface area contributed by atoms with Gasteiger partial charge in [0.2, 0.25) is 0 Å². The number of thiophene rings is 1. The van der Waals surface area contributed by atoms with Crippen molar-refractivity contribution in [2.75, 3.05) is 44.0 Å². The summed E-state index contributed by atoms with van der Waals surface area (Å²) in [6.07, 6.45) is 0.983. The van der Waals surface area contributed by atoms with Crippen molar-refractivity contribution in [2.24, 2.45) is 0 Å². The van der Waals surface area contributed by atoms with Gasteiger partial charge in [-0.1, -0.05) is 17.7 Å². The molecular weight excluding hydrogens is 644 g/mol. The lowest BCUT2D eigenvalue weighted by Gasteiger charge is -2.52. The molecule has 14 heteroatoms. The number of hydrogen-bond acceptors (Lipinski definition) is 9. The van der Waals surface area contributed by atoms with Crippen molar-refractivity contribution in [1.82, 2.24) is 14.9 Å². The van der Waals surface area contributed by atoms with E-state index in [1.54, 1.807) is 7.05 Å². The van der Waals surface area contributed by atoms with Crippen LogP contribution in [0.4, 0.5) is 28.4 Å². The van der Waals surface area contributed by atoms with E-state index in [-0.39, 0.29) is 91.3 Å². The van der Waals surface area contributed by atoms with Crippen molar-refractivity contribution >= 4 is 54.7 Å². The van der Waals surface area contributed by atoms with Crippen LogP contribution in [0.25, 0.3) is 32.1 Å². The zero-order valence-electron chi connectivity index (χ0n) is 24.8. The molecule has 3 fully saturated rings. The standard InChI is InChI=1S/C32H29ClF4N6O2S/c1-42-29-22-25(40-30(41-29)45-14-32-5-2-7-43(32)13-16(35)11-32)24(37)21(23(33)26(22)44-8-6-31(42)9-15(34)10-31)17-3-4-19(36)27-20(17)18(12-38)28(39)46-27/h3-4,15-16H,2,5-11,13-14,39H2,1H3/t15?,16-,31?,32+/m1/s1. The van der Waals surface area contributed by atoms with Crippen molar-refractivity contribution in [3.8, 4) is 29.0 Å². The average Bonchev–Trinajstić information content (AvgIpc) is 3.65. The number of anilines is 2. The summed E-state index contributed by atoms with van der Waals surface area (Å²) < 4.78 is 73.4. The molecule has 2 saturated heterocycles. The normalized spacial score (nSPS) is 27.4. The van der Waals surface area contributed by atoms with Gasteiger partial charge in [-0.25, -0.2) is 17.6 Å². The highest BCUT2D eigenvalue weighted by molar-refractivity contribution is 7.23. The van der Waals surface area contributed by atoms with Crippen LogP contribution < -0.4 is 20.1 Å². The van der Waals surface area contributed by atoms with Crippen molar-refractivity contribution in [1.29, 1.82) is 5.26 Å². The molecule has 0 unspecified atom stereocenters. The van der Waals surface area contributed by atoms with Gasteiger partial charge in [0.25, 0.3) is 0 Å². The summed E-state index contributed by atoms with van der Waals surface area (Å²) in [6, 6.07) is 4.42. The molecule has 0 amide bonds. The van der Waals surface area contributed by atoms with E-state index in [9.17, 15) is 18.4 Å². The van der Waals surface area contributed by atoms with E-state index in [0.717, 1.165) is 30.7 Å². The van der Waals surface area contributed by atoms with Gasteiger partial charge in [-0.3, -0.25) is 4.90 Å². The summed E-state index contributed by atoms with van der Waals surface area (Å²) >= 11 is 7.87. The molecule has 240 valence electrons. The molecule has 3 aliphatic heterocycles. The van der Waals surface area contributed by atoms with Crippen LogP contribution in [0.3, 0.4) is 0 Å². The third-order valence-electron chi connectivity index (χ3n) is 10.4. The van der Waals surface area contributed by atoms with Crippen molar-refractivity contribution < 1.29 is 27.0 Å². The molecule has 2 atom stereocenters. The first kappa shape index (κ1) is 29.8. The first-order valence-corrected chi connectivity index (χ1v) is 16.4. The molecule has 0 bridgehead atoms. The molecule has 2 aromatic heterocycles. The quantitative estimate of drug-likeness (QED) is 0.233. The molecule has 8 rings (SSSR count). The van der Waals surface area contributed by atoms with Gasteiger partial charge in [-0.05, 0) is 31.0 Å². The number of ether oxygens (including phenoxy) is 2. The number of fused-ring (bicyclic) bond motifs is 2. The molecule has 1 spiro atoms. The lowest BCUT2D eigenvalue weighted by Crippen LogP contribution is -2.58. The first-order valence-electron chi connectivity index (χ1n) is 15.2. The average molecular weight is 673 g/mol. The number of nitrogens with two attached hydrogens (primary N) is 1. The lowest BCUT2D eigenvalue weighted by molar-refractivity contribution is 0.0732. The van der Waals surface area contributed by atoms with Crippen LogP contribution in [0.2, 0.25) is 5.02 Å². The van der Waals surface area contributed by atoms with E-state index in [1.165, 1.54) is 12.1 Å². The predicted molar refractivity (Wildman–Crippen MR) is 168 cm³/mol. The smallest absolute Gasteiger partial charge is 0.319 e. The van der Waals surface area contributed by atoms with Crippen LogP contribution in [-0.2, 0) is 0 Å². The van der Waals surface area contributed by atoms with Crippen molar-refractivity contribution in [3.63, 3.8) is 0 Å². The van der Waals surface area contributed by atoms with E-state index < -0.39 is 35.1 Å². The molecule has 8 nitrogen and oxygen atoms in total. The van der Waals surface area contributed by atoms with Gasteiger partial charge < -0.3 is 20.1 Å². The molecule has 4 aliphatic rings. The van der Waals surface area contributed by atoms with Crippen molar-refractivity contribution in [2.45, 2.75) is 61.9 Å². The van der Waals surface area contributed by atoms with Gasteiger partial charge in [0.05, 0.1) is 38.4 Å². The fourth-order valence-corrected chi connectivity index (χ4v) is 9.33. The maximum Gasteiger partial charge on any atom is 0.319 e. The Kier molecular flexibility index (Phi) is 6.77. The van der Waals surface area contributed by atoms with Crippen LogP contribution in [0.5, 0.6) is 11.8 Å². The third kappa shape index (κ3) is 4.19. The number of halogens is 5. The van der Waals surface area contributed by atoms with Crippen LogP contribution in [0.1, 0.15) is 44.1 Å². The number of alkyl halides is 2. The van der Waals surface area contributed by atoms with Gasteiger partial charge in [-0.15, -0.1) is 11.3 Å². The van der Waals surface area contributed by atoms with Crippen molar-refractivity contribution in [3.05, 3.63) is 34.4 Å².